The van der Waals surface area contributed by atoms with Gasteiger partial charge in [-0.15, -0.1) is 0 Å². The van der Waals surface area contributed by atoms with Crippen molar-refractivity contribution in [3.8, 4) is 0 Å². The van der Waals surface area contributed by atoms with Crippen LogP contribution >= 0.6 is 11.6 Å². The Morgan fingerprint density at radius 2 is 1.23 bits per heavy atom. The van der Waals surface area contributed by atoms with Crippen molar-refractivity contribution in [3.63, 3.8) is 0 Å². The van der Waals surface area contributed by atoms with Crippen molar-refractivity contribution in [1.29, 1.82) is 0 Å². The van der Waals surface area contributed by atoms with Crippen molar-refractivity contribution in [2.75, 3.05) is 4.72 Å². The van der Waals surface area contributed by atoms with Gasteiger partial charge in [0.25, 0.3) is 0 Å². The summed E-state index contributed by atoms with van der Waals surface area (Å²) in [7, 11) is -1.37. The van der Waals surface area contributed by atoms with E-state index < -0.39 is 11.0 Å². The molecule has 1 atom stereocenters. The van der Waals surface area contributed by atoms with Crippen LogP contribution in [0.3, 0.4) is 0 Å². The molecule has 1 N–H and O–H groups in total. The molecule has 0 aliphatic rings. The summed E-state index contributed by atoms with van der Waals surface area (Å²) in [5.74, 6) is -0.0518. The second-order valence-electron chi connectivity index (χ2n) is 6.08. The van der Waals surface area contributed by atoms with E-state index in [4.69, 9.17) is 11.6 Å². The third kappa shape index (κ3) is 11.0. The van der Waals surface area contributed by atoms with Crippen LogP contribution in [0.1, 0.15) is 56.1 Å². The summed E-state index contributed by atoms with van der Waals surface area (Å²) in [5, 5.41) is 0.801. The van der Waals surface area contributed by atoms with Gasteiger partial charge in [-0.25, -0.2) is 4.21 Å². The van der Waals surface area contributed by atoms with Crippen LogP contribution in [0, 0.1) is 13.8 Å². The zero-order valence-electron chi connectivity index (χ0n) is 19.5. The molecule has 0 saturated carbocycles. The number of carbonyl (C=O) groups excluding carboxylic acids is 1. The van der Waals surface area contributed by atoms with Crippen LogP contribution in [0.4, 0.5) is 5.69 Å². The highest BCUT2D eigenvalue weighted by Crippen LogP contribution is 2.18. The van der Waals surface area contributed by atoms with Crippen LogP contribution < -0.4 is 4.72 Å². The summed E-state index contributed by atoms with van der Waals surface area (Å²) in [6, 6.07) is 22.3. The number of benzene rings is 3. The van der Waals surface area contributed by atoms with Crippen molar-refractivity contribution in [3.05, 3.63) is 94.5 Å². The van der Waals surface area contributed by atoms with Gasteiger partial charge in [0.05, 0.1) is 10.6 Å². The third-order valence-electron chi connectivity index (χ3n) is 3.75. The Morgan fingerprint density at radius 1 is 0.774 bits per heavy atom. The number of aryl methyl sites for hydroxylation is 2. The number of hydrogen-bond acceptors (Lipinski definition) is 2. The van der Waals surface area contributed by atoms with Crippen molar-refractivity contribution < 1.29 is 9.00 Å². The molecule has 1 unspecified atom stereocenters. The molecule has 31 heavy (non-hydrogen) atoms. The molecule has 0 radical (unpaired) electrons. The number of halogens is 1. The summed E-state index contributed by atoms with van der Waals surface area (Å²) >= 11 is 5.61. The molecule has 5 heteroatoms. The Kier molecular flexibility index (Phi) is 15.0. The predicted molar refractivity (Wildman–Crippen MR) is 137 cm³/mol. The van der Waals surface area contributed by atoms with E-state index in [-0.39, 0.29) is 5.78 Å². The standard InChI is InChI=1S/C15H15NO2S.C7H7Cl.2C2H6/c1-11-7-9-13(10-8-11)19(18)16-15-6-4-3-5-14(15)12(2)17;1-6-2-4-7(8)5-3-6;2*1-2/h3-10,16H,1-2H3;2-5H,1H3;2*1-2H3. The van der Waals surface area contributed by atoms with E-state index in [2.05, 4.69) is 4.72 Å². The van der Waals surface area contributed by atoms with Gasteiger partial charge in [-0.1, -0.05) is 86.8 Å². The largest absolute Gasteiger partial charge is 0.300 e. The topological polar surface area (TPSA) is 46.2 Å². The minimum Gasteiger partial charge on any atom is -0.300 e. The summed E-state index contributed by atoms with van der Waals surface area (Å²) in [6.07, 6.45) is 0. The first-order valence-corrected chi connectivity index (χ1v) is 12.0. The zero-order valence-corrected chi connectivity index (χ0v) is 21.1. The van der Waals surface area contributed by atoms with Gasteiger partial charge in [0.15, 0.2) is 5.78 Å². The molecule has 3 rings (SSSR count). The first-order valence-electron chi connectivity index (χ1n) is 10.4. The van der Waals surface area contributed by atoms with Crippen LogP contribution in [0.2, 0.25) is 5.02 Å². The predicted octanol–water partition coefficient (Wildman–Crippen LogP) is 8.03. The van der Waals surface area contributed by atoms with E-state index in [0.717, 1.165) is 10.6 Å². The van der Waals surface area contributed by atoms with Gasteiger partial charge < -0.3 is 4.72 Å². The van der Waals surface area contributed by atoms with Crippen molar-refractivity contribution in [2.24, 2.45) is 0 Å². The average Bonchev–Trinajstić information content (AvgIpc) is 2.79. The lowest BCUT2D eigenvalue weighted by molar-refractivity contribution is 0.101. The molecule has 0 amide bonds. The fraction of sp³-hybridized carbons (Fsp3) is 0.269. The number of hydrogen-bond donors (Lipinski definition) is 1. The molecule has 168 valence electrons. The lowest BCUT2D eigenvalue weighted by atomic mass is 10.1. The number of carbonyl (C=O) groups is 1. The number of nitrogens with one attached hydrogen (secondary N) is 1. The quantitative estimate of drug-likeness (QED) is 0.401. The Balaban J connectivity index is 0.000000625. The highest BCUT2D eigenvalue weighted by Gasteiger charge is 2.09. The van der Waals surface area contributed by atoms with Crippen molar-refractivity contribution in [1.82, 2.24) is 0 Å². The number of para-hydroxylation sites is 1. The molecular weight excluding hydrogens is 426 g/mol. The second-order valence-corrected chi connectivity index (χ2v) is 7.73. The van der Waals surface area contributed by atoms with Gasteiger partial charge in [-0.05, 0) is 57.2 Å². The van der Waals surface area contributed by atoms with Crippen molar-refractivity contribution in [2.45, 2.75) is 53.4 Å². The first kappa shape index (κ1) is 28.6. The van der Waals surface area contributed by atoms with E-state index in [1.165, 1.54) is 12.5 Å². The Bertz CT molecular complexity index is 902. The fourth-order valence-electron chi connectivity index (χ4n) is 2.23. The van der Waals surface area contributed by atoms with Gasteiger partial charge in [0.2, 0.25) is 0 Å². The van der Waals surface area contributed by atoms with Crippen LogP contribution in [0.15, 0.2) is 77.7 Å². The van der Waals surface area contributed by atoms with Crippen LogP contribution in [0.25, 0.3) is 0 Å². The molecule has 0 aromatic heterocycles. The smallest absolute Gasteiger partial charge is 0.161 e. The maximum absolute atomic E-state index is 12.2. The summed E-state index contributed by atoms with van der Waals surface area (Å²) in [4.78, 5) is 12.2. The van der Waals surface area contributed by atoms with E-state index in [0.29, 0.717) is 16.1 Å². The highest BCUT2D eigenvalue weighted by atomic mass is 35.5. The lowest BCUT2D eigenvalue weighted by Crippen LogP contribution is -2.08. The molecule has 3 aromatic rings. The van der Waals surface area contributed by atoms with Crippen LogP contribution in [-0.4, -0.2) is 9.99 Å². The lowest BCUT2D eigenvalue weighted by Gasteiger charge is -2.09. The number of ketones is 1. The highest BCUT2D eigenvalue weighted by molar-refractivity contribution is 7.86. The molecule has 0 bridgehead atoms. The maximum atomic E-state index is 12.2. The summed E-state index contributed by atoms with van der Waals surface area (Å²) < 4.78 is 15.1. The molecular formula is C26H34ClNO2S. The van der Waals surface area contributed by atoms with E-state index >= 15 is 0 Å². The fourth-order valence-corrected chi connectivity index (χ4v) is 3.24. The van der Waals surface area contributed by atoms with E-state index in [1.807, 2.05) is 90.1 Å². The third-order valence-corrected chi connectivity index (χ3v) is 5.11. The molecule has 0 aliphatic heterocycles. The first-order chi connectivity index (χ1) is 14.9. The van der Waals surface area contributed by atoms with E-state index in [9.17, 15) is 9.00 Å². The molecule has 0 saturated heterocycles. The van der Waals surface area contributed by atoms with Crippen LogP contribution in [0.5, 0.6) is 0 Å². The van der Waals surface area contributed by atoms with Gasteiger partial charge in [0.1, 0.15) is 11.0 Å². The summed E-state index contributed by atoms with van der Waals surface area (Å²) in [5.41, 5.74) is 3.50. The molecule has 0 aliphatic carbocycles. The molecule has 0 spiro atoms. The van der Waals surface area contributed by atoms with Gasteiger partial charge in [0, 0.05) is 10.6 Å². The number of anilines is 1. The molecule has 0 fully saturated rings. The minimum atomic E-state index is -1.37. The zero-order chi connectivity index (χ0) is 23.8. The Labute approximate surface area is 195 Å². The van der Waals surface area contributed by atoms with Crippen LogP contribution in [-0.2, 0) is 11.0 Å². The minimum absolute atomic E-state index is 0.0518. The molecule has 3 nitrogen and oxygen atoms in total. The monoisotopic (exact) mass is 459 g/mol. The molecule has 3 aromatic carbocycles. The van der Waals surface area contributed by atoms with E-state index in [1.54, 1.807) is 24.3 Å². The number of rotatable bonds is 4. The van der Waals surface area contributed by atoms with Gasteiger partial charge in [-0.2, -0.15) is 0 Å². The Morgan fingerprint density at radius 3 is 1.68 bits per heavy atom. The normalized spacial score (nSPS) is 10.1. The molecule has 0 heterocycles. The second kappa shape index (κ2) is 16.3. The summed E-state index contributed by atoms with van der Waals surface area (Å²) in [6.45, 7) is 13.5. The van der Waals surface area contributed by atoms with Gasteiger partial charge in [-0.3, -0.25) is 4.79 Å². The maximum Gasteiger partial charge on any atom is 0.161 e. The Hall–Kier alpha value is -2.43. The SMILES string of the molecule is CC.CC.CC(=O)c1ccccc1NS(=O)c1ccc(C)cc1.Cc1ccc(Cl)cc1. The average molecular weight is 460 g/mol. The van der Waals surface area contributed by atoms with Gasteiger partial charge >= 0.3 is 0 Å². The number of Topliss-reactive ketones (excluding diaryl/α,β-unsaturated/α-hetero) is 1. The van der Waals surface area contributed by atoms with Crippen molar-refractivity contribution >= 4 is 34.1 Å².